The summed E-state index contributed by atoms with van der Waals surface area (Å²) in [6.45, 7) is 9.33. The number of carboxylic acid groups (broad SMARTS) is 1. The van der Waals surface area contributed by atoms with Crippen LogP contribution in [-0.4, -0.2) is 16.2 Å². The number of aliphatic carboxylic acids is 1. The van der Waals surface area contributed by atoms with Crippen molar-refractivity contribution in [2.75, 3.05) is 0 Å². The van der Waals surface area contributed by atoms with Gasteiger partial charge in [-0.3, -0.25) is 4.79 Å². The van der Waals surface area contributed by atoms with Gasteiger partial charge in [-0.05, 0) is 49.6 Å². The van der Waals surface area contributed by atoms with Gasteiger partial charge in [-0.2, -0.15) is 0 Å². The summed E-state index contributed by atoms with van der Waals surface area (Å²) in [5.41, 5.74) is 0. The molecule has 168 valence electrons. The van der Waals surface area contributed by atoms with Crippen molar-refractivity contribution >= 4 is 15.2 Å². The molecule has 1 rings (SSSR count). The molecule has 0 spiro atoms. The first-order valence-corrected chi connectivity index (χ1v) is 13.0. The fraction of sp³-hybridized carbons (Fsp3) is 0.960. The molecule has 2 nitrogen and oxygen atoms in total. The van der Waals surface area contributed by atoms with E-state index in [-0.39, 0.29) is 5.92 Å². The van der Waals surface area contributed by atoms with Crippen LogP contribution in [0.15, 0.2) is 0 Å². The zero-order valence-corrected chi connectivity index (χ0v) is 20.8. The van der Waals surface area contributed by atoms with Crippen LogP contribution in [0.3, 0.4) is 0 Å². The van der Waals surface area contributed by atoms with Gasteiger partial charge >= 0.3 is 5.97 Å². The molecule has 0 aliphatic heterocycles. The van der Waals surface area contributed by atoms with Crippen LogP contribution in [-0.2, 0) is 4.79 Å². The van der Waals surface area contributed by atoms with Crippen LogP contribution in [0.4, 0.5) is 0 Å². The largest absolute Gasteiger partial charge is 0.481 e. The summed E-state index contributed by atoms with van der Waals surface area (Å²) in [4.78, 5) is 10.4. The lowest BCUT2D eigenvalue weighted by Gasteiger charge is -2.38. The second kappa shape index (κ2) is 17.7. The van der Waals surface area contributed by atoms with Crippen molar-refractivity contribution in [3.05, 3.63) is 0 Å². The number of carbonyl (C=O) groups is 1. The van der Waals surface area contributed by atoms with Crippen LogP contribution < -0.4 is 0 Å². The van der Waals surface area contributed by atoms with E-state index in [1.807, 2.05) is 0 Å². The van der Waals surface area contributed by atoms with Crippen molar-refractivity contribution in [3.63, 3.8) is 0 Å². The van der Waals surface area contributed by atoms with E-state index < -0.39 is 5.97 Å². The fourth-order valence-electron chi connectivity index (χ4n) is 4.51. The molecule has 0 radical (unpaired) electrons. The van der Waals surface area contributed by atoms with Gasteiger partial charge < -0.3 is 5.11 Å². The molecule has 1 unspecified atom stereocenters. The van der Waals surface area contributed by atoms with Gasteiger partial charge in [0.25, 0.3) is 0 Å². The molecule has 0 bridgehead atoms. The van der Waals surface area contributed by atoms with Gasteiger partial charge in [-0.15, -0.1) is 9.24 Å². The molecule has 28 heavy (non-hydrogen) atoms. The van der Waals surface area contributed by atoms with E-state index in [1.54, 1.807) is 0 Å². The molecule has 0 aromatic rings. The van der Waals surface area contributed by atoms with Crippen LogP contribution in [0.1, 0.15) is 137 Å². The third kappa shape index (κ3) is 12.5. The monoisotopic (exact) mass is 414 g/mol. The molecule has 3 heteroatoms. The van der Waals surface area contributed by atoms with Crippen molar-refractivity contribution in [3.8, 4) is 0 Å². The first-order chi connectivity index (χ1) is 13.4. The fourth-order valence-corrected chi connectivity index (χ4v) is 5.26. The van der Waals surface area contributed by atoms with Gasteiger partial charge in [-0.1, -0.05) is 98.3 Å². The Morgan fingerprint density at radius 2 is 1.29 bits per heavy atom. The van der Waals surface area contributed by atoms with E-state index in [9.17, 15) is 4.79 Å². The van der Waals surface area contributed by atoms with Crippen LogP contribution in [0.25, 0.3) is 0 Å². The standard InChI is InChI=1S/C18H39P.C7H12O2/c1-5-9-13-17(14-10-6-2)18(19,15-11-7-3)16-12-8-4;8-7(9)6-4-2-1-3-5-6/h17H,5-16,19H2,1-4H3;6H,1-5H2,(H,8,9). The van der Waals surface area contributed by atoms with Gasteiger partial charge in [0.05, 0.1) is 5.92 Å². The molecule has 0 saturated heterocycles. The van der Waals surface area contributed by atoms with Gasteiger partial charge in [0.2, 0.25) is 0 Å². The first-order valence-electron chi connectivity index (χ1n) is 12.5. The smallest absolute Gasteiger partial charge is 0.306 e. The third-order valence-electron chi connectivity index (χ3n) is 6.57. The Morgan fingerprint density at radius 3 is 1.61 bits per heavy atom. The second-order valence-corrected chi connectivity index (χ2v) is 10.2. The predicted molar refractivity (Wildman–Crippen MR) is 128 cm³/mol. The minimum atomic E-state index is -0.602. The topological polar surface area (TPSA) is 37.3 Å². The first kappa shape index (κ1) is 27.9. The average molecular weight is 415 g/mol. The highest BCUT2D eigenvalue weighted by Gasteiger charge is 2.32. The highest BCUT2D eigenvalue weighted by molar-refractivity contribution is 7.19. The van der Waals surface area contributed by atoms with Crippen molar-refractivity contribution in [1.82, 2.24) is 0 Å². The van der Waals surface area contributed by atoms with Gasteiger partial charge in [-0.25, -0.2) is 0 Å². The molecule has 0 aromatic carbocycles. The van der Waals surface area contributed by atoms with E-state index >= 15 is 0 Å². The summed E-state index contributed by atoms with van der Waals surface area (Å²) in [6, 6.07) is 0. The quantitative estimate of drug-likeness (QED) is 0.289. The number of hydrogen-bond donors (Lipinski definition) is 1. The van der Waals surface area contributed by atoms with E-state index in [4.69, 9.17) is 5.11 Å². The molecule has 1 atom stereocenters. The van der Waals surface area contributed by atoms with Crippen molar-refractivity contribution in [1.29, 1.82) is 0 Å². The Bertz CT molecular complexity index is 348. The van der Waals surface area contributed by atoms with Crippen molar-refractivity contribution in [2.24, 2.45) is 11.8 Å². The zero-order chi connectivity index (χ0) is 21.3. The maximum atomic E-state index is 10.4. The highest BCUT2D eigenvalue weighted by Crippen LogP contribution is 2.43. The van der Waals surface area contributed by atoms with Gasteiger partial charge in [0.1, 0.15) is 0 Å². The molecular formula is C25H51O2P. The maximum absolute atomic E-state index is 10.4. The van der Waals surface area contributed by atoms with Crippen LogP contribution in [0.5, 0.6) is 0 Å². The lowest BCUT2D eigenvalue weighted by Crippen LogP contribution is -2.32. The number of hydrogen-bond acceptors (Lipinski definition) is 1. The molecular weight excluding hydrogens is 363 g/mol. The summed E-state index contributed by atoms with van der Waals surface area (Å²) in [5.74, 6) is 0.309. The zero-order valence-electron chi connectivity index (χ0n) is 19.6. The number of rotatable bonds is 14. The Balaban J connectivity index is 0.000000668. The Labute approximate surface area is 179 Å². The van der Waals surface area contributed by atoms with E-state index in [0.29, 0.717) is 5.16 Å². The normalized spacial score (nSPS) is 15.4. The molecule has 1 saturated carbocycles. The average Bonchev–Trinajstić information content (AvgIpc) is 2.72. The molecule has 1 N–H and O–H groups in total. The third-order valence-corrected chi connectivity index (χ3v) is 7.62. The predicted octanol–water partition coefficient (Wildman–Crippen LogP) is 8.63. The summed E-state index contributed by atoms with van der Waals surface area (Å²) >= 11 is 0. The molecule has 0 aromatic heterocycles. The van der Waals surface area contributed by atoms with Gasteiger partial charge in [0, 0.05) is 0 Å². The SMILES string of the molecule is CCCCC(CCCC)C(P)(CCCC)CCCC.O=C(O)C1CCCCC1. The Hall–Kier alpha value is -0.100. The summed E-state index contributed by atoms with van der Waals surface area (Å²) in [6.07, 6.45) is 22.0. The summed E-state index contributed by atoms with van der Waals surface area (Å²) in [5, 5.41) is 9.08. The molecule has 1 aliphatic rings. The minimum Gasteiger partial charge on any atom is -0.481 e. The van der Waals surface area contributed by atoms with E-state index in [1.165, 1.54) is 83.5 Å². The van der Waals surface area contributed by atoms with Gasteiger partial charge in [0.15, 0.2) is 0 Å². The lowest BCUT2D eigenvalue weighted by atomic mass is 9.77. The summed E-state index contributed by atoms with van der Waals surface area (Å²) < 4.78 is 0. The van der Waals surface area contributed by atoms with Crippen molar-refractivity contribution in [2.45, 2.75) is 142 Å². The molecule has 1 aliphatic carbocycles. The lowest BCUT2D eigenvalue weighted by molar-refractivity contribution is -0.142. The van der Waals surface area contributed by atoms with E-state index in [0.717, 1.165) is 31.6 Å². The highest BCUT2D eigenvalue weighted by atomic mass is 31.0. The molecule has 0 heterocycles. The van der Waals surface area contributed by atoms with Crippen molar-refractivity contribution < 1.29 is 9.90 Å². The number of unbranched alkanes of at least 4 members (excludes halogenated alkanes) is 4. The van der Waals surface area contributed by atoms with E-state index in [2.05, 4.69) is 36.9 Å². The second-order valence-electron chi connectivity index (χ2n) is 9.09. The molecule has 0 amide bonds. The Kier molecular flexibility index (Phi) is 17.7. The van der Waals surface area contributed by atoms with Crippen LogP contribution >= 0.6 is 9.24 Å². The minimum absolute atomic E-state index is 0.0289. The van der Waals surface area contributed by atoms with Crippen LogP contribution in [0, 0.1) is 11.8 Å². The number of carboxylic acids is 1. The Morgan fingerprint density at radius 1 is 0.857 bits per heavy atom. The molecule has 1 fully saturated rings. The van der Waals surface area contributed by atoms with Crippen LogP contribution in [0.2, 0.25) is 0 Å². The summed E-state index contributed by atoms with van der Waals surface area (Å²) in [7, 11) is 3.32. The maximum Gasteiger partial charge on any atom is 0.306 e.